The van der Waals surface area contributed by atoms with Gasteiger partial charge in [0.05, 0.1) is 11.9 Å². The van der Waals surface area contributed by atoms with Crippen LogP contribution < -0.4 is 10.1 Å². The first-order valence-electron chi connectivity index (χ1n) is 4.30. The molecule has 0 aromatic heterocycles. The fourth-order valence-electron chi connectivity index (χ4n) is 1.03. The smallest absolute Gasteiger partial charge is 0.262 e. The Hall–Kier alpha value is -1.60. The molecule has 7 heteroatoms. The van der Waals surface area contributed by atoms with Gasteiger partial charge in [-0.15, -0.1) is 0 Å². The van der Waals surface area contributed by atoms with Crippen LogP contribution in [0.15, 0.2) is 24.3 Å². The van der Waals surface area contributed by atoms with Gasteiger partial charge in [0.15, 0.2) is 6.61 Å². The van der Waals surface area contributed by atoms with Gasteiger partial charge in [-0.1, -0.05) is 12.1 Å². The third-order valence-electron chi connectivity index (χ3n) is 1.52. The molecule has 0 radical (unpaired) electrons. The normalized spacial score (nSPS) is 13.8. The van der Waals surface area contributed by atoms with E-state index in [9.17, 15) is 13.2 Å². The SMILES string of the molecule is CS(=O)(=O)O.O=C1COc2ccccc2N1. The standard InChI is InChI=1S/C8H7NO2.CH4O3S/c10-8-5-11-7-4-2-1-3-6(7)9-8;1-5(2,3)4/h1-4H,5H2,(H,9,10);1H3,(H,2,3,4). The van der Waals surface area contributed by atoms with Crippen molar-refractivity contribution in [2.45, 2.75) is 0 Å². The van der Waals surface area contributed by atoms with E-state index in [1.54, 1.807) is 0 Å². The second-order valence-electron chi connectivity index (χ2n) is 3.07. The molecule has 1 aliphatic heterocycles. The van der Waals surface area contributed by atoms with E-state index in [1.165, 1.54) is 0 Å². The van der Waals surface area contributed by atoms with Crippen LogP contribution in [0.3, 0.4) is 0 Å². The molecule has 0 saturated carbocycles. The predicted molar refractivity (Wildman–Crippen MR) is 58.0 cm³/mol. The van der Waals surface area contributed by atoms with Crippen LogP contribution in [-0.2, 0) is 14.9 Å². The zero-order valence-electron chi connectivity index (χ0n) is 8.50. The lowest BCUT2D eigenvalue weighted by Crippen LogP contribution is -2.25. The van der Waals surface area contributed by atoms with Crippen molar-refractivity contribution in [3.05, 3.63) is 24.3 Å². The van der Waals surface area contributed by atoms with Gasteiger partial charge in [-0.2, -0.15) is 8.42 Å². The van der Waals surface area contributed by atoms with Crippen molar-refractivity contribution < 1.29 is 22.5 Å². The highest BCUT2D eigenvalue weighted by Crippen LogP contribution is 2.25. The lowest BCUT2D eigenvalue weighted by molar-refractivity contribution is -0.118. The van der Waals surface area contributed by atoms with E-state index >= 15 is 0 Å². The maximum atomic E-state index is 10.8. The molecule has 1 amide bonds. The Bertz CT molecular complexity index is 474. The maximum Gasteiger partial charge on any atom is 0.262 e. The number of carbonyl (C=O) groups is 1. The second kappa shape index (κ2) is 4.95. The molecule has 2 rings (SSSR count). The van der Waals surface area contributed by atoms with E-state index in [2.05, 4.69) is 5.32 Å². The van der Waals surface area contributed by atoms with Gasteiger partial charge in [0.1, 0.15) is 5.75 Å². The summed E-state index contributed by atoms with van der Waals surface area (Å²) in [5.74, 6) is 0.649. The average Bonchev–Trinajstić information content (AvgIpc) is 2.15. The van der Waals surface area contributed by atoms with Gasteiger partial charge in [-0.3, -0.25) is 9.35 Å². The summed E-state index contributed by atoms with van der Waals surface area (Å²) in [6, 6.07) is 7.37. The first-order chi connectivity index (χ1) is 7.36. The third-order valence-corrected chi connectivity index (χ3v) is 1.52. The first kappa shape index (κ1) is 12.5. The predicted octanol–water partition coefficient (Wildman–Crippen LogP) is 0.521. The van der Waals surface area contributed by atoms with Crippen molar-refractivity contribution in [3.8, 4) is 5.75 Å². The Kier molecular flexibility index (Phi) is 3.86. The van der Waals surface area contributed by atoms with Crippen LogP contribution in [-0.4, -0.2) is 31.7 Å². The summed E-state index contributed by atoms with van der Waals surface area (Å²) in [4.78, 5) is 10.8. The van der Waals surface area contributed by atoms with Gasteiger partial charge >= 0.3 is 0 Å². The van der Waals surface area contributed by atoms with Crippen molar-refractivity contribution in [1.29, 1.82) is 0 Å². The van der Waals surface area contributed by atoms with Gasteiger partial charge in [0, 0.05) is 0 Å². The fraction of sp³-hybridized carbons (Fsp3) is 0.222. The van der Waals surface area contributed by atoms with E-state index in [4.69, 9.17) is 9.29 Å². The van der Waals surface area contributed by atoms with Gasteiger partial charge < -0.3 is 10.1 Å². The van der Waals surface area contributed by atoms with Crippen LogP contribution in [0.25, 0.3) is 0 Å². The molecule has 2 N–H and O–H groups in total. The third kappa shape index (κ3) is 4.76. The van der Waals surface area contributed by atoms with Gasteiger partial charge in [-0.05, 0) is 12.1 Å². The van der Waals surface area contributed by atoms with Crippen molar-refractivity contribution in [2.24, 2.45) is 0 Å². The van der Waals surface area contributed by atoms with Gasteiger partial charge in [-0.25, -0.2) is 0 Å². The first-order valence-corrected chi connectivity index (χ1v) is 6.15. The minimum absolute atomic E-state index is 0.0938. The summed E-state index contributed by atoms with van der Waals surface area (Å²) >= 11 is 0. The summed E-state index contributed by atoms with van der Waals surface area (Å²) in [7, 11) is -3.67. The highest BCUT2D eigenvalue weighted by atomic mass is 32.2. The number of hydrogen-bond donors (Lipinski definition) is 2. The highest BCUT2D eigenvalue weighted by molar-refractivity contribution is 7.85. The zero-order chi connectivity index (χ0) is 12.2. The number of nitrogens with one attached hydrogen (secondary N) is 1. The molecule has 88 valence electrons. The minimum Gasteiger partial charge on any atom is -0.482 e. The average molecular weight is 245 g/mol. The van der Waals surface area contributed by atoms with Crippen LogP contribution >= 0.6 is 0 Å². The summed E-state index contributed by atoms with van der Waals surface area (Å²) in [5, 5.41) is 2.70. The lowest BCUT2D eigenvalue weighted by atomic mass is 10.2. The van der Waals surface area contributed by atoms with Crippen molar-refractivity contribution in [2.75, 3.05) is 18.2 Å². The molecular weight excluding hydrogens is 234 g/mol. The summed E-state index contributed by atoms with van der Waals surface area (Å²) in [6.45, 7) is 0.122. The lowest BCUT2D eigenvalue weighted by Gasteiger charge is -2.16. The Morgan fingerprint density at radius 2 is 1.94 bits per heavy atom. The zero-order valence-corrected chi connectivity index (χ0v) is 9.32. The van der Waals surface area contributed by atoms with E-state index in [0.717, 1.165) is 11.4 Å². The fourth-order valence-corrected chi connectivity index (χ4v) is 1.03. The van der Waals surface area contributed by atoms with Crippen LogP contribution in [0.1, 0.15) is 0 Å². The van der Waals surface area contributed by atoms with Crippen LogP contribution in [0, 0.1) is 0 Å². The number of benzene rings is 1. The van der Waals surface area contributed by atoms with Crippen LogP contribution in [0.5, 0.6) is 5.75 Å². The number of ether oxygens (including phenoxy) is 1. The quantitative estimate of drug-likeness (QED) is 0.650. The second-order valence-corrected chi connectivity index (χ2v) is 4.53. The van der Waals surface area contributed by atoms with E-state index < -0.39 is 10.1 Å². The summed E-state index contributed by atoms with van der Waals surface area (Å²) < 4.78 is 31.0. The Morgan fingerprint density at radius 1 is 1.38 bits per heavy atom. The molecule has 0 unspecified atom stereocenters. The summed E-state index contributed by atoms with van der Waals surface area (Å²) in [6.07, 6.45) is 0.715. The van der Waals surface area contributed by atoms with Gasteiger partial charge in [0.25, 0.3) is 16.0 Å². The van der Waals surface area contributed by atoms with Crippen molar-refractivity contribution >= 4 is 21.7 Å². The molecule has 1 aromatic carbocycles. The molecule has 0 saturated heterocycles. The molecule has 1 heterocycles. The van der Waals surface area contributed by atoms with Crippen LogP contribution in [0.4, 0.5) is 5.69 Å². The number of amides is 1. The maximum absolute atomic E-state index is 10.8. The molecule has 1 aliphatic rings. The molecule has 0 spiro atoms. The number of carbonyl (C=O) groups excluding carboxylic acids is 1. The molecule has 0 fully saturated rings. The monoisotopic (exact) mass is 245 g/mol. The molecule has 6 nitrogen and oxygen atoms in total. The Labute approximate surface area is 93.0 Å². The topological polar surface area (TPSA) is 92.7 Å². The Morgan fingerprint density at radius 3 is 2.56 bits per heavy atom. The number of rotatable bonds is 0. The summed E-state index contributed by atoms with van der Waals surface area (Å²) in [5.41, 5.74) is 0.753. The molecule has 1 aromatic rings. The van der Waals surface area contributed by atoms with E-state index in [1.807, 2.05) is 24.3 Å². The van der Waals surface area contributed by atoms with Gasteiger partial charge in [0.2, 0.25) is 0 Å². The van der Waals surface area contributed by atoms with E-state index in [0.29, 0.717) is 6.26 Å². The largest absolute Gasteiger partial charge is 0.482 e. The Balaban J connectivity index is 0.000000221. The minimum atomic E-state index is -3.67. The molecule has 0 aliphatic carbocycles. The molecule has 16 heavy (non-hydrogen) atoms. The van der Waals surface area contributed by atoms with Crippen molar-refractivity contribution in [1.82, 2.24) is 0 Å². The number of hydrogen-bond acceptors (Lipinski definition) is 4. The molecule has 0 bridgehead atoms. The number of fused-ring (bicyclic) bond motifs is 1. The van der Waals surface area contributed by atoms with Crippen LogP contribution in [0.2, 0.25) is 0 Å². The molecular formula is C9H11NO5S. The molecule has 0 atom stereocenters. The number of anilines is 1. The highest BCUT2D eigenvalue weighted by Gasteiger charge is 2.13. The number of para-hydroxylation sites is 2. The van der Waals surface area contributed by atoms with E-state index in [-0.39, 0.29) is 12.5 Å². The van der Waals surface area contributed by atoms with Crippen molar-refractivity contribution in [3.63, 3.8) is 0 Å².